The van der Waals surface area contributed by atoms with Gasteiger partial charge in [0, 0.05) is 25.0 Å². The van der Waals surface area contributed by atoms with E-state index in [0.717, 1.165) is 35.9 Å². The maximum atomic E-state index is 5.88. The predicted octanol–water partition coefficient (Wildman–Crippen LogP) is 3.40. The molecule has 1 aliphatic carbocycles. The van der Waals surface area contributed by atoms with Crippen molar-refractivity contribution in [3.8, 4) is 0 Å². The summed E-state index contributed by atoms with van der Waals surface area (Å²) in [6.07, 6.45) is 8.09. The quantitative estimate of drug-likeness (QED) is 0.792. The summed E-state index contributed by atoms with van der Waals surface area (Å²) < 4.78 is 2.29. The molecule has 0 spiro atoms. The van der Waals surface area contributed by atoms with E-state index in [9.17, 15) is 0 Å². The molecular formula is C14H18ClN3. The normalized spacial score (nSPS) is 16.7. The molecule has 2 heterocycles. The van der Waals surface area contributed by atoms with E-state index in [-0.39, 0.29) is 0 Å². The SMILES string of the molecule is ClCCc1nc2cccnc2n1CC1CCCC1. The van der Waals surface area contributed by atoms with Crippen LogP contribution >= 0.6 is 11.6 Å². The number of hydrogen-bond donors (Lipinski definition) is 0. The summed E-state index contributed by atoms with van der Waals surface area (Å²) in [6.45, 7) is 1.06. The number of pyridine rings is 1. The number of imidazole rings is 1. The van der Waals surface area contributed by atoms with Crippen LogP contribution in [-0.2, 0) is 13.0 Å². The van der Waals surface area contributed by atoms with Crippen LogP contribution in [0.2, 0.25) is 0 Å². The molecule has 1 aliphatic rings. The standard InChI is InChI=1S/C14H18ClN3/c15-8-7-13-17-12-6-3-9-16-14(12)18(13)10-11-4-1-2-5-11/h3,6,9,11H,1-2,4-5,7-8,10H2. The first kappa shape index (κ1) is 12.0. The number of hydrogen-bond acceptors (Lipinski definition) is 2. The highest BCUT2D eigenvalue weighted by molar-refractivity contribution is 6.17. The highest BCUT2D eigenvalue weighted by Crippen LogP contribution is 2.28. The second kappa shape index (κ2) is 5.27. The van der Waals surface area contributed by atoms with E-state index in [0.29, 0.717) is 5.88 Å². The Morgan fingerprint density at radius 3 is 2.94 bits per heavy atom. The van der Waals surface area contributed by atoms with Gasteiger partial charge in [-0.15, -0.1) is 11.6 Å². The van der Waals surface area contributed by atoms with Gasteiger partial charge in [-0.2, -0.15) is 0 Å². The molecule has 1 fully saturated rings. The first-order valence-corrected chi connectivity index (χ1v) is 7.28. The summed E-state index contributed by atoms with van der Waals surface area (Å²) in [5.74, 6) is 2.50. The summed E-state index contributed by atoms with van der Waals surface area (Å²) >= 11 is 5.88. The lowest BCUT2D eigenvalue weighted by atomic mass is 10.1. The van der Waals surface area contributed by atoms with Gasteiger partial charge >= 0.3 is 0 Å². The lowest BCUT2D eigenvalue weighted by Gasteiger charge is -2.13. The van der Waals surface area contributed by atoms with E-state index in [2.05, 4.69) is 14.5 Å². The van der Waals surface area contributed by atoms with Crippen LogP contribution in [0, 0.1) is 5.92 Å². The Kier molecular flexibility index (Phi) is 3.50. The molecule has 0 saturated heterocycles. The summed E-state index contributed by atoms with van der Waals surface area (Å²) in [7, 11) is 0. The molecule has 3 rings (SSSR count). The third-order valence-corrected chi connectivity index (χ3v) is 4.01. The summed E-state index contributed by atoms with van der Waals surface area (Å²) in [5, 5.41) is 0. The van der Waals surface area contributed by atoms with Gasteiger partial charge in [-0.3, -0.25) is 0 Å². The van der Waals surface area contributed by atoms with Crippen LogP contribution in [0.4, 0.5) is 0 Å². The zero-order valence-electron chi connectivity index (χ0n) is 10.5. The van der Waals surface area contributed by atoms with Gasteiger partial charge in [-0.25, -0.2) is 9.97 Å². The fourth-order valence-electron chi connectivity index (χ4n) is 2.92. The maximum Gasteiger partial charge on any atom is 0.159 e. The van der Waals surface area contributed by atoms with Gasteiger partial charge in [0.05, 0.1) is 0 Å². The molecule has 2 aromatic rings. The second-order valence-electron chi connectivity index (χ2n) is 5.07. The zero-order chi connectivity index (χ0) is 12.4. The van der Waals surface area contributed by atoms with Crippen molar-refractivity contribution in [3.63, 3.8) is 0 Å². The van der Waals surface area contributed by atoms with E-state index in [1.54, 1.807) is 0 Å². The van der Waals surface area contributed by atoms with Gasteiger partial charge in [0.1, 0.15) is 11.3 Å². The molecule has 0 N–H and O–H groups in total. The molecule has 0 radical (unpaired) electrons. The van der Waals surface area contributed by atoms with Crippen molar-refractivity contribution in [2.75, 3.05) is 5.88 Å². The first-order chi connectivity index (χ1) is 8.88. The Morgan fingerprint density at radius 2 is 2.17 bits per heavy atom. The van der Waals surface area contributed by atoms with Crippen LogP contribution in [-0.4, -0.2) is 20.4 Å². The van der Waals surface area contributed by atoms with Gasteiger partial charge < -0.3 is 4.57 Å². The van der Waals surface area contributed by atoms with Gasteiger partial charge in [0.15, 0.2) is 5.65 Å². The van der Waals surface area contributed by atoms with Crippen molar-refractivity contribution < 1.29 is 0 Å². The van der Waals surface area contributed by atoms with Crippen molar-refractivity contribution >= 4 is 22.8 Å². The Hall–Kier alpha value is -1.09. The zero-order valence-corrected chi connectivity index (χ0v) is 11.2. The first-order valence-electron chi connectivity index (χ1n) is 6.74. The Balaban J connectivity index is 1.97. The Labute approximate surface area is 112 Å². The minimum atomic E-state index is 0.619. The maximum absolute atomic E-state index is 5.88. The molecule has 0 amide bonds. The van der Waals surface area contributed by atoms with E-state index in [4.69, 9.17) is 11.6 Å². The number of rotatable bonds is 4. The van der Waals surface area contributed by atoms with Crippen molar-refractivity contribution in [3.05, 3.63) is 24.2 Å². The smallest absolute Gasteiger partial charge is 0.159 e. The van der Waals surface area contributed by atoms with E-state index < -0.39 is 0 Å². The lowest BCUT2D eigenvalue weighted by molar-refractivity contribution is 0.454. The van der Waals surface area contributed by atoms with E-state index in [1.807, 2.05) is 18.3 Å². The summed E-state index contributed by atoms with van der Waals surface area (Å²) in [4.78, 5) is 9.14. The molecule has 1 saturated carbocycles. The van der Waals surface area contributed by atoms with Crippen LogP contribution in [0.3, 0.4) is 0 Å². The van der Waals surface area contributed by atoms with Gasteiger partial charge in [-0.05, 0) is 30.9 Å². The molecule has 0 aromatic carbocycles. The predicted molar refractivity (Wildman–Crippen MR) is 73.9 cm³/mol. The number of halogens is 1. The molecule has 0 aliphatic heterocycles. The molecule has 4 heteroatoms. The second-order valence-corrected chi connectivity index (χ2v) is 5.45. The summed E-state index contributed by atoms with van der Waals surface area (Å²) in [6, 6.07) is 3.98. The van der Waals surface area contributed by atoms with Gasteiger partial charge in [0.25, 0.3) is 0 Å². The molecule has 2 aromatic heterocycles. The van der Waals surface area contributed by atoms with Gasteiger partial charge in [-0.1, -0.05) is 12.8 Å². The van der Waals surface area contributed by atoms with Crippen molar-refractivity contribution in [2.45, 2.75) is 38.6 Å². The van der Waals surface area contributed by atoms with Crippen LogP contribution in [0.5, 0.6) is 0 Å². The molecule has 3 nitrogen and oxygen atoms in total. The molecule has 0 bridgehead atoms. The Morgan fingerprint density at radius 1 is 1.33 bits per heavy atom. The minimum Gasteiger partial charge on any atom is -0.312 e. The minimum absolute atomic E-state index is 0.619. The van der Waals surface area contributed by atoms with Crippen LogP contribution in [0.25, 0.3) is 11.2 Å². The highest BCUT2D eigenvalue weighted by atomic mass is 35.5. The fraction of sp³-hybridized carbons (Fsp3) is 0.571. The fourth-order valence-corrected chi connectivity index (χ4v) is 3.09. The number of aromatic nitrogens is 3. The van der Waals surface area contributed by atoms with Crippen molar-refractivity contribution in [1.82, 2.24) is 14.5 Å². The number of aryl methyl sites for hydroxylation is 1. The van der Waals surface area contributed by atoms with Crippen molar-refractivity contribution in [2.24, 2.45) is 5.92 Å². The topological polar surface area (TPSA) is 30.7 Å². The molecule has 18 heavy (non-hydrogen) atoms. The molecule has 0 unspecified atom stereocenters. The molecule has 96 valence electrons. The van der Waals surface area contributed by atoms with Gasteiger partial charge in [0.2, 0.25) is 0 Å². The lowest BCUT2D eigenvalue weighted by Crippen LogP contribution is -2.11. The van der Waals surface area contributed by atoms with E-state index in [1.165, 1.54) is 25.7 Å². The van der Waals surface area contributed by atoms with E-state index >= 15 is 0 Å². The highest BCUT2D eigenvalue weighted by Gasteiger charge is 2.19. The molecule has 0 atom stereocenters. The third-order valence-electron chi connectivity index (χ3n) is 3.82. The van der Waals surface area contributed by atoms with Crippen LogP contribution in [0.15, 0.2) is 18.3 Å². The van der Waals surface area contributed by atoms with Crippen LogP contribution in [0.1, 0.15) is 31.5 Å². The Bertz CT molecular complexity index is 529. The molecular weight excluding hydrogens is 246 g/mol. The summed E-state index contributed by atoms with van der Waals surface area (Å²) in [5.41, 5.74) is 2.01. The average molecular weight is 264 g/mol. The number of fused-ring (bicyclic) bond motifs is 1. The monoisotopic (exact) mass is 263 g/mol. The van der Waals surface area contributed by atoms with Crippen molar-refractivity contribution in [1.29, 1.82) is 0 Å². The largest absolute Gasteiger partial charge is 0.312 e. The third kappa shape index (κ3) is 2.24. The number of nitrogens with zero attached hydrogens (tertiary/aromatic N) is 3. The number of alkyl halides is 1. The van der Waals surface area contributed by atoms with Crippen LogP contribution < -0.4 is 0 Å². The average Bonchev–Trinajstić information content (AvgIpc) is 3.00.